The molecule has 0 radical (unpaired) electrons. The van der Waals surface area contributed by atoms with E-state index < -0.39 is 11.7 Å². The molecular weight excluding hydrogens is 317 g/mol. The zero-order chi connectivity index (χ0) is 17.5. The molecule has 0 bridgehead atoms. The second-order valence-electron chi connectivity index (χ2n) is 6.07. The van der Waals surface area contributed by atoms with Crippen molar-refractivity contribution in [3.05, 3.63) is 29.3 Å². The quantitative estimate of drug-likeness (QED) is 0.844. The lowest BCUT2D eigenvalue weighted by Crippen LogP contribution is -2.45. The highest BCUT2D eigenvalue weighted by atomic mass is 19.4. The van der Waals surface area contributed by atoms with Crippen molar-refractivity contribution in [2.24, 2.45) is 0 Å². The highest BCUT2D eigenvalue weighted by molar-refractivity contribution is 5.93. The molecule has 1 aromatic heterocycles. The third-order valence-corrected chi connectivity index (χ3v) is 4.60. The number of nitriles is 1. The number of aryl methyl sites for hydroxylation is 1. The highest BCUT2D eigenvalue weighted by Crippen LogP contribution is 2.37. The minimum absolute atomic E-state index is 0.463. The third kappa shape index (κ3) is 2.71. The van der Waals surface area contributed by atoms with Crippen molar-refractivity contribution in [2.75, 3.05) is 38.1 Å². The summed E-state index contributed by atoms with van der Waals surface area (Å²) >= 11 is 0. The van der Waals surface area contributed by atoms with Crippen molar-refractivity contribution >= 4 is 16.7 Å². The van der Waals surface area contributed by atoms with Gasteiger partial charge in [0, 0.05) is 38.1 Å². The van der Waals surface area contributed by atoms with E-state index in [1.54, 1.807) is 0 Å². The SMILES string of the molecule is CCn1c(N2CCN(C)CC2)c(C#N)c2ccc(C(F)(F)F)cc21. The molecule has 0 spiro atoms. The van der Waals surface area contributed by atoms with E-state index in [9.17, 15) is 18.4 Å². The molecule has 128 valence electrons. The molecule has 1 saturated heterocycles. The molecule has 0 amide bonds. The summed E-state index contributed by atoms with van der Waals surface area (Å²) in [6.45, 7) is 5.65. The maximum absolute atomic E-state index is 13.0. The maximum Gasteiger partial charge on any atom is 0.416 e. The Morgan fingerprint density at radius 2 is 1.83 bits per heavy atom. The van der Waals surface area contributed by atoms with Gasteiger partial charge in [0.05, 0.1) is 11.1 Å². The highest BCUT2D eigenvalue weighted by Gasteiger charge is 2.32. The van der Waals surface area contributed by atoms with Crippen LogP contribution in [0, 0.1) is 11.3 Å². The summed E-state index contributed by atoms with van der Waals surface area (Å²) in [4.78, 5) is 4.30. The fraction of sp³-hybridized carbons (Fsp3) is 0.471. The van der Waals surface area contributed by atoms with Gasteiger partial charge in [0.1, 0.15) is 17.5 Å². The maximum atomic E-state index is 13.0. The molecule has 0 atom stereocenters. The number of anilines is 1. The van der Waals surface area contributed by atoms with Gasteiger partial charge in [-0.2, -0.15) is 18.4 Å². The van der Waals surface area contributed by atoms with E-state index in [2.05, 4.69) is 15.9 Å². The average Bonchev–Trinajstić information content (AvgIpc) is 2.87. The van der Waals surface area contributed by atoms with E-state index in [1.165, 1.54) is 6.07 Å². The standard InChI is InChI=1S/C17H19F3N4/c1-3-24-15-10-12(17(18,19)20)4-5-13(15)14(11-21)16(24)23-8-6-22(2)7-9-23/h4-5,10H,3,6-9H2,1-2H3. The van der Waals surface area contributed by atoms with Crippen molar-refractivity contribution in [2.45, 2.75) is 19.6 Å². The molecule has 0 aliphatic carbocycles. The Morgan fingerprint density at radius 3 is 2.38 bits per heavy atom. The Hall–Kier alpha value is -2.20. The van der Waals surface area contributed by atoms with Crippen molar-refractivity contribution in [3.63, 3.8) is 0 Å². The Kier molecular flexibility index (Phi) is 4.18. The van der Waals surface area contributed by atoms with E-state index in [1.807, 2.05) is 18.5 Å². The van der Waals surface area contributed by atoms with Crippen LogP contribution < -0.4 is 4.90 Å². The van der Waals surface area contributed by atoms with E-state index in [4.69, 9.17) is 0 Å². The topological polar surface area (TPSA) is 35.2 Å². The minimum atomic E-state index is -4.39. The number of piperazine rings is 1. The minimum Gasteiger partial charge on any atom is -0.354 e. The fourth-order valence-corrected chi connectivity index (χ4v) is 3.29. The van der Waals surface area contributed by atoms with E-state index in [0.717, 1.165) is 44.1 Å². The van der Waals surface area contributed by atoms with Gasteiger partial charge >= 0.3 is 6.18 Å². The summed E-state index contributed by atoms with van der Waals surface area (Å²) in [5, 5.41) is 10.2. The first kappa shape index (κ1) is 16.7. The first-order valence-electron chi connectivity index (χ1n) is 7.93. The lowest BCUT2D eigenvalue weighted by Gasteiger charge is -2.34. The molecule has 2 heterocycles. The number of rotatable bonds is 2. The van der Waals surface area contributed by atoms with Gasteiger partial charge in [0.15, 0.2) is 0 Å². The van der Waals surface area contributed by atoms with Crippen molar-refractivity contribution in [1.29, 1.82) is 5.26 Å². The van der Waals surface area contributed by atoms with E-state index >= 15 is 0 Å². The molecule has 1 aliphatic heterocycles. The lowest BCUT2D eigenvalue weighted by molar-refractivity contribution is -0.137. The van der Waals surface area contributed by atoms with Gasteiger partial charge in [-0.1, -0.05) is 6.07 Å². The summed E-state index contributed by atoms with van der Waals surface area (Å²) in [6, 6.07) is 5.83. The van der Waals surface area contributed by atoms with Gasteiger partial charge in [-0.15, -0.1) is 0 Å². The molecule has 4 nitrogen and oxygen atoms in total. The van der Waals surface area contributed by atoms with Crippen LogP contribution in [0.3, 0.4) is 0 Å². The van der Waals surface area contributed by atoms with Crippen LogP contribution in [0.2, 0.25) is 0 Å². The number of alkyl halides is 3. The van der Waals surface area contributed by atoms with Crippen LogP contribution >= 0.6 is 0 Å². The van der Waals surface area contributed by atoms with Crippen molar-refractivity contribution < 1.29 is 13.2 Å². The molecule has 3 rings (SSSR count). The molecule has 0 unspecified atom stereocenters. The normalized spacial score (nSPS) is 16.6. The molecular formula is C17H19F3N4. The Balaban J connectivity index is 2.19. The number of halogens is 3. The van der Waals surface area contributed by atoms with Gasteiger partial charge in [-0.3, -0.25) is 0 Å². The molecule has 1 fully saturated rings. The predicted molar refractivity (Wildman–Crippen MR) is 87.0 cm³/mol. The van der Waals surface area contributed by atoms with Crippen LogP contribution in [-0.4, -0.2) is 42.7 Å². The number of hydrogen-bond donors (Lipinski definition) is 0. The third-order valence-electron chi connectivity index (χ3n) is 4.60. The summed E-state index contributed by atoms with van der Waals surface area (Å²) in [6.07, 6.45) is -4.39. The van der Waals surface area contributed by atoms with Crippen LogP contribution in [-0.2, 0) is 12.7 Å². The largest absolute Gasteiger partial charge is 0.416 e. The first-order valence-corrected chi connectivity index (χ1v) is 7.93. The monoisotopic (exact) mass is 336 g/mol. The molecule has 2 aromatic rings. The zero-order valence-corrected chi connectivity index (χ0v) is 13.7. The smallest absolute Gasteiger partial charge is 0.354 e. The number of fused-ring (bicyclic) bond motifs is 1. The molecule has 24 heavy (non-hydrogen) atoms. The number of nitrogens with zero attached hydrogens (tertiary/aromatic N) is 4. The second-order valence-corrected chi connectivity index (χ2v) is 6.07. The Morgan fingerprint density at radius 1 is 1.17 bits per heavy atom. The van der Waals surface area contributed by atoms with Gasteiger partial charge in [0.25, 0.3) is 0 Å². The molecule has 0 N–H and O–H groups in total. The van der Waals surface area contributed by atoms with Gasteiger partial charge in [-0.05, 0) is 26.1 Å². The predicted octanol–water partition coefficient (Wildman–Crippen LogP) is 3.30. The van der Waals surface area contributed by atoms with Crippen LogP contribution in [0.1, 0.15) is 18.1 Å². The summed E-state index contributed by atoms with van der Waals surface area (Å²) < 4.78 is 41.0. The second kappa shape index (κ2) is 6.02. The van der Waals surface area contributed by atoms with E-state index in [0.29, 0.717) is 23.0 Å². The Labute approximate surface area is 138 Å². The van der Waals surface area contributed by atoms with Crippen LogP contribution in [0.5, 0.6) is 0 Å². The molecule has 7 heteroatoms. The number of likely N-dealkylation sites (N-methyl/N-ethyl adjacent to an activating group) is 1. The lowest BCUT2D eigenvalue weighted by atomic mass is 10.1. The first-order chi connectivity index (χ1) is 11.4. The molecule has 1 aliphatic rings. The van der Waals surface area contributed by atoms with E-state index in [-0.39, 0.29) is 0 Å². The fourth-order valence-electron chi connectivity index (χ4n) is 3.29. The average molecular weight is 336 g/mol. The molecule has 1 aromatic carbocycles. The number of aromatic nitrogens is 1. The van der Waals surface area contributed by atoms with Crippen LogP contribution in [0.15, 0.2) is 18.2 Å². The van der Waals surface area contributed by atoms with Crippen molar-refractivity contribution in [1.82, 2.24) is 9.47 Å². The number of benzene rings is 1. The number of hydrogen-bond acceptors (Lipinski definition) is 3. The summed E-state index contributed by atoms with van der Waals surface area (Å²) in [5.41, 5.74) is 0.250. The van der Waals surface area contributed by atoms with Crippen LogP contribution in [0.25, 0.3) is 10.9 Å². The van der Waals surface area contributed by atoms with Gasteiger partial charge < -0.3 is 14.4 Å². The van der Waals surface area contributed by atoms with Gasteiger partial charge in [0.2, 0.25) is 0 Å². The van der Waals surface area contributed by atoms with Crippen molar-refractivity contribution in [3.8, 4) is 6.07 Å². The van der Waals surface area contributed by atoms with Crippen LogP contribution in [0.4, 0.5) is 19.0 Å². The summed E-state index contributed by atoms with van der Waals surface area (Å²) in [5.74, 6) is 0.738. The Bertz CT molecular complexity index is 793. The zero-order valence-electron chi connectivity index (χ0n) is 13.7. The summed E-state index contributed by atoms with van der Waals surface area (Å²) in [7, 11) is 2.04. The molecule has 0 saturated carbocycles. The van der Waals surface area contributed by atoms with Gasteiger partial charge in [-0.25, -0.2) is 0 Å².